The van der Waals surface area contributed by atoms with Crippen LogP contribution in [-0.2, 0) is 19.9 Å². The second kappa shape index (κ2) is 8.85. The molecular weight excluding hydrogens is 442 g/mol. The molecule has 2 bridgehead atoms. The number of hydrogen-bond donors (Lipinski definition) is 2. The Kier molecular flexibility index (Phi) is 6.05. The normalized spacial score (nSPS) is 30.5. The summed E-state index contributed by atoms with van der Waals surface area (Å²) in [5.74, 6) is -0.925. The lowest BCUT2D eigenvalue weighted by Crippen LogP contribution is -2.67. The van der Waals surface area contributed by atoms with Crippen molar-refractivity contribution in [2.45, 2.75) is 62.7 Å². The third kappa shape index (κ3) is 3.90. The van der Waals surface area contributed by atoms with E-state index in [0.29, 0.717) is 21.6 Å². The first-order chi connectivity index (χ1) is 15.9. The van der Waals surface area contributed by atoms with Crippen molar-refractivity contribution in [2.75, 3.05) is 19.6 Å². The highest BCUT2D eigenvalue weighted by atomic mass is 32.1. The molecule has 9 heteroatoms. The molecule has 3 N–H and O–H groups in total. The van der Waals surface area contributed by atoms with Crippen LogP contribution in [0.1, 0.15) is 61.6 Å². The first-order valence-corrected chi connectivity index (χ1v) is 12.8. The number of hydrogen-bond acceptors (Lipinski definition) is 7. The molecule has 6 rings (SSSR count). The van der Waals surface area contributed by atoms with Gasteiger partial charge in [-0.05, 0) is 24.3 Å². The minimum atomic E-state index is -1.62. The topological polar surface area (TPSA) is 116 Å². The zero-order chi connectivity index (χ0) is 23.1. The van der Waals surface area contributed by atoms with E-state index < -0.39 is 23.5 Å². The molecule has 178 valence electrons. The van der Waals surface area contributed by atoms with Gasteiger partial charge >= 0.3 is 5.97 Å². The van der Waals surface area contributed by atoms with E-state index in [4.69, 9.17) is 15.0 Å². The van der Waals surface area contributed by atoms with Gasteiger partial charge in [-0.2, -0.15) is 0 Å². The lowest BCUT2D eigenvalue weighted by molar-refractivity contribution is -0.965. The van der Waals surface area contributed by atoms with Crippen molar-refractivity contribution in [3.8, 4) is 0 Å². The fourth-order valence-electron chi connectivity index (χ4n) is 6.43. The van der Waals surface area contributed by atoms with Crippen molar-refractivity contribution in [3.05, 3.63) is 40.4 Å². The summed E-state index contributed by atoms with van der Waals surface area (Å²) < 4.78 is 11.6. The van der Waals surface area contributed by atoms with Gasteiger partial charge in [0.05, 0.1) is 13.1 Å². The summed E-state index contributed by atoms with van der Waals surface area (Å²) in [6.45, 7) is 2.04. The van der Waals surface area contributed by atoms with Crippen LogP contribution in [0, 0.1) is 11.8 Å². The lowest BCUT2D eigenvalue weighted by atomic mass is 9.75. The molecule has 2 aromatic rings. The molecule has 4 aliphatic rings. The van der Waals surface area contributed by atoms with Gasteiger partial charge in [-0.25, -0.2) is 4.79 Å². The molecule has 0 spiro atoms. The molecule has 2 aromatic heterocycles. The number of amides is 1. The number of fused-ring (bicyclic) bond motifs is 3. The Morgan fingerprint density at radius 1 is 1.21 bits per heavy atom. The number of carbonyl (C=O) groups is 2. The van der Waals surface area contributed by atoms with E-state index >= 15 is 0 Å². The van der Waals surface area contributed by atoms with Crippen LogP contribution in [0.2, 0.25) is 0 Å². The Morgan fingerprint density at radius 2 is 1.97 bits per heavy atom. The van der Waals surface area contributed by atoms with Crippen molar-refractivity contribution < 1.29 is 28.4 Å². The molecule has 1 aliphatic carbocycles. The SMILES string of the molecule is NC(=O)C(c1ccon1)[N+]12CCC(CC1)[C@@H](OC(=O)[C@](O)(c1cccs1)C1CCCCC1)C2. The number of rotatable bonds is 7. The standard InChI is InChI=1S/C24H31N3O5S/c25-22(28)21(18-10-13-31-26-18)27-11-8-16(9-12-27)19(15-27)32-23(29)24(30,20-7-4-14-33-20)17-5-2-1-3-6-17/h4,7,10,13-14,16-17,19,21,30H,1-3,5-6,8-9,11-12,15H2,(H-,25,28)/p+1/t16?,19-,21?,24+,27?/m0/s1. The largest absolute Gasteiger partial charge is 0.454 e. The number of esters is 1. The number of piperidine rings is 3. The Labute approximate surface area is 197 Å². The molecule has 8 nitrogen and oxygen atoms in total. The Bertz CT molecular complexity index is 964. The smallest absolute Gasteiger partial charge is 0.344 e. The first kappa shape index (κ1) is 22.6. The molecule has 3 saturated heterocycles. The predicted octanol–water partition coefficient (Wildman–Crippen LogP) is 2.88. The summed E-state index contributed by atoms with van der Waals surface area (Å²) in [6, 6.07) is 4.74. The predicted molar refractivity (Wildman–Crippen MR) is 121 cm³/mol. The molecule has 0 aromatic carbocycles. The fourth-order valence-corrected chi connectivity index (χ4v) is 7.32. The van der Waals surface area contributed by atoms with Crippen molar-refractivity contribution in [1.29, 1.82) is 0 Å². The van der Waals surface area contributed by atoms with E-state index in [-0.39, 0.29) is 17.9 Å². The highest BCUT2D eigenvalue weighted by Crippen LogP contribution is 2.45. The van der Waals surface area contributed by atoms with Crippen LogP contribution >= 0.6 is 11.3 Å². The summed E-state index contributed by atoms with van der Waals surface area (Å²) in [5, 5.41) is 17.7. The van der Waals surface area contributed by atoms with E-state index in [2.05, 4.69) is 5.16 Å². The van der Waals surface area contributed by atoms with Crippen molar-refractivity contribution in [3.63, 3.8) is 0 Å². The van der Waals surface area contributed by atoms with Gasteiger partial charge in [0.1, 0.15) is 12.8 Å². The van der Waals surface area contributed by atoms with Crippen LogP contribution in [0.15, 0.2) is 34.4 Å². The van der Waals surface area contributed by atoms with Crippen LogP contribution in [0.25, 0.3) is 0 Å². The monoisotopic (exact) mass is 474 g/mol. The van der Waals surface area contributed by atoms with Crippen molar-refractivity contribution in [2.24, 2.45) is 17.6 Å². The minimum absolute atomic E-state index is 0.143. The van der Waals surface area contributed by atoms with E-state index in [9.17, 15) is 14.7 Å². The van der Waals surface area contributed by atoms with Crippen LogP contribution in [-0.4, -0.2) is 52.4 Å². The maximum Gasteiger partial charge on any atom is 0.344 e. The highest BCUT2D eigenvalue weighted by molar-refractivity contribution is 7.10. The van der Waals surface area contributed by atoms with Crippen LogP contribution in [0.4, 0.5) is 0 Å². The van der Waals surface area contributed by atoms with Gasteiger partial charge in [-0.3, -0.25) is 4.79 Å². The van der Waals surface area contributed by atoms with E-state index in [1.807, 2.05) is 17.5 Å². The number of nitrogens with two attached hydrogens (primary N) is 1. The minimum Gasteiger partial charge on any atom is -0.454 e. The molecule has 1 amide bonds. The van der Waals surface area contributed by atoms with Gasteiger partial charge in [0, 0.05) is 35.6 Å². The van der Waals surface area contributed by atoms with E-state index in [1.165, 1.54) is 17.6 Å². The molecular formula is C24H32N3O5S+. The van der Waals surface area contributed by atoms with Gasteiger partial charge in [0.15, 0.2) is 17.4 Å². The lowest BCUT2D eigenvalue weighted by Gasteiger charge is -2.54. The summed E-state index contributed by atoms with van der Waals surface area (Å²) in [7, 11) is 0. The van der Waals surface area contributed by atoms with Crippen LogP contribution in [0.5, 0.6) is 0 Å². The summed E-state index contributed by atoms with van der Waals surface area (Å²) >= 11 is 1.40. The van der Waals surface area contributed by atoms with Crippen molar-refractivity contribution in [1.82, 2.24) is 5.16 Å². The molecule has 33 heavy (non-hydrogen) atoms. The molecule has 0 radical (unpaired) electrons. The Morgan fingerprint density at radius 3 is 2.58 bits per heavy atom. The first-order valence-electron chi connectivity index (χ1n) is 12.0. The number of thiophene rings is 1. The highest BCUT2D eigenvalue weighted by Gasteiger charge is 2.56. The number of carbonyl (C=O) groups excluding carboxylic acids is 2. The summed E-state index contributed by atoms with van der Waals surface area (Å²) in [5.41, 5.74) is 4.73. The number of aromatic nitrogens is 1. The zero-order valence-electron chi connectivity index (χ0n) is 18.7. The van der Waals surface area contributed by atoms with Crippen molar-refractivity contribution >= 4 is 23.2 Å². The molecule has 5 heterocycles. The van der Waals surface area contributed by atoms with Crippen LogP contribution in [0.3, 0.4) is 0 Å². The Balaban J connectivity index is 1.40. The van der Waals surface area contributed by atoms with Gasteiger partial charge in [0.2, 0.25) is 6.04 Å². The number of aliphatic hydroxyl groups is 1. The molecule has 1 saturated carbocycles. The van der Waals surface area contributed by atoms with Gasteiger partial charge < -0.3 is 24.6 Å². The van der Waals surface area contributed by atoms with Gasteiger partial charge in [0.25, 0.3) is 5.91 Å². The number of primary amides is 1. The molecule has 3 aliphatic heterocycles. The maximum absolute atomic E-state index is 13.7. The van der Waals surface area contributed by atoms with Crippen LogP contribution < -0.4 is 5.73 Å². The van der Waals surface area contributed by atoms with E-state index in [0.717, 1.165) is 58.0 Å². The molecule has 4 fully saturated rings. The van der Waals surface area contributed by atoms with Gasteiger partial charge in [-0.1, -0.05) is 30.5 Å². The second-order valence-electron chi connectivity index (χ2n) is 9.94. The fraction of sp³-hybridized carbons (Fsp3) is 0.625. The molecule has 1 unspecified atom stereocenters. The second-order valence-corrected chi connectivity index (χ2v) is 10.9. The number of ether oxygens (including phenoxy) is 1. The quantitative estimate of drug-likeness (QED) is 0.471. The average molecular weight is 475 g/mol. The van der Waals surface area contributed by atoms with Gasteiger partial charge in [-0.15, -0.1) is 11.3 Å². The maximum atomic E-state index is 13.7. The third-order valence-corrected chi connectivity index (χ3v) is 9.17. The molecule has 3 atom stereocenters. The Hall–Kier alpha value is -2.23. The summed E-state index contributed by atoms with van der Waals surface area (Å²) in [4.78, 5) is 26.8. The van der Waals surface area contributed by atoms with E-state index in [1.54, 1.807) is 6.07 Å². The zero-order valence-corrected chi connectivity index (χ0v) is 19.5. The third-order valence-electron chi connectivity index (χ3n) is 8.18. The number of quaternary nitrogens is 1. The summed E-state index contributed by atoms with van der Waals surface area (Å²) in [6.07, 6.45) is 7.52. The number of nitrogens with zero attached hydrogens (tertiary/aromatic N) is 2. The average Bonchev–Trinajstić information content (AvgIpc) is 3.54.